The normalized spacial score (nSPS) is 15.4. The zero-order valence-corrected chi connectivity index (χ0v) is 17.2. The van der Waals surface area contributed by atoms with Crippen molar-refractivity contribution in [2.75, 3.05) is 24.8 Å². The highest BCUT2D eigenvalue weighted by atomic mass is 16.7. The number of rotatable bonds is 6. The van der Waals surface area contributed by atoms with Gasteiger partial charge in [-0.25, -0.2) is 4.79 Å². The van der Waals surface area contributed by atoms with Crippen LogP contribution in [0, 0.1) is 20.2 Å². The van der Waals surface area contributed by atoms with Gasteiger partial charge in [0.05, 0.1) is 27.7 Å². The third kappa shape index (κ3) is 4.47. The zero-order chi connectivity index (χ0) is 22.7. The molecule has 0 aliphatic carbocycles. The molecule has 0 atom stereocenters. The fourth-order valence-corrected chi connectivity index (χ4v) is 3.93. The maximum atomic E-state index is 13.0. The highest BCUT2D eigenvalue weighted by molar-refractivity contribution is 5.96. The number of benzene rings is 2. The van der Waals surface area contributed by atoms with E-state index in [-0.39, 0.29) is 36.9 Å². The Labute approximate surface area is 182 Å². The van der Waals surface area contributed by atoms with Crippen molar-refractivity contribution in [1.29, 1.82) is 0 Å². The molecule has 32 heavy (non-hydrogen) atoms. The lowest BCUT2D eigenvalue weighted by atomic mass is 10.1. The summed E-state index contributed by atoms with van der Waals surface area (Å²) in [5.41, 5.74) is 1.09. The van der Waals surface area contributed by atoms with E-state index in [2.05, 4.69) is 0 Å². The van der Waals surface area contributed by atoms with E-state index >= 15 is 0 Å². The van der Waals surface area contributed by atoms with Crippen LogP contribution in [0.25, 0.3) is 0 Å². The Morgan fingerprint density at radius 2 is 1.78 bits per heavy atom. The molecule has 2 aromatic rings. The number of esters is 1. The number of non-ortho nitro benzene ring substituents is 2. The number of piperidine rings is 1. The number of carbonyl (C=O) groups excluding carboxylic acids is 1. The summed E-state index contributed by atoms with van der Waals surface area (Å²) < 4.78 is 16.1. The van der Waals surface area contributed by atoms with Crippen LogP contribution in [0.3, 0.4) is 0 Å². The second-order valence-corrected chi connectivity index (χ2v) is 7.54. The molecule has 4 rings (SSSR count). The van der Waals surface area contributed by atoms with Crippen molar-refractivity contribution >= 4 is 23.0 Å². The molecule has 2 heterocycles. The first-order valence-corrected chi connectivity index (χ1v) is 10.2. The fraction of sp³-hybridized carbons (Fsp3) is 0.381. The number of hydrogen-bond acceptors (Lipinski definition) is 9. The number of fused-ring (bicyclic) bond motifs is 1. The van der Waals surface area contributed by atoms with E-state index in [9.17, 15) is 25.0 Å². The number of ether oxygens (including phenoxy) is 3. The predicted molar refractivity (Wildman–Crippen MR) is 112 cm³/mol. The summed E-state index contributed by atoms with van der Waals surface area (Å²) in [5.74, 6) is -0.369. The van der Waals surface area contributed by atoms with Gasteiger partial charge in [-0.1, -0.05) is 0 Å². The molecule has 1 fully saturated rings. The summed E-state index contributed by atoms with van der Waals surface area (Å²) in [6.07, 6.45) is 3.01. The van der Waals surface area contributed by atoms with Gasteiger partial charge in [-0.15, -0.1) is 0 Å². The molecule has 0 N–H and O–H groups in total. The molecule has 2 aliphatic heterocycles. The maximum absolute atomic E-state index is 13.0. The van der Waals surface area contributed by atoms with Gasteiger partial charge in [-0.05, 0) is 25.3 Å². The first-order valence-electron chi connectivity index (χ1n) is 10.2. The summed E-state index contributed by atoms with van der Waals surface area (Å²) in [7, 11) is 0. The van der Waals surface area contributed by atoms with E-state index in [1.807, 2.05) is 4.90 Å². The number of hydrogen-bond donors (Lipinski definition) is 0. The van der Waals surface area contributed by atoms with Crippen LogP contribution in [0.1, 0.15) is 40.7 Å². The van der Waals surface area contributed by atoms with Crippen LogP contribution in [0.5, 0.6) is 5.75 Å². The monoisotopic (exact) mass is 443 g/mol. The van der Waals surface area contributed by atoms with E-state index in [1.165, 1.54) is 24.3 Å². The number of carbonyl (C=O) groups is 1. The van der Waals surface area contributed by atoms with Crippen LogP contribution in [0.15, 0.2) is 30.3 Å². The molecule has 2 aromatic carbocycles. The predicted octanol–water partition coefficient (Wildman–Crippen LogP) is 3.72. The highest BCUT2D eigenvalue weighted by Crippen LogP contribution is 2.34. The average molecular weight is 443 g/mol. The first-order chi connectivity index (χ1) is 15.4. The van der Waals surface area contributed by atoms with Crippen LogP contribution >= 0.6 is 0 Å². The van der Waals surface area contributed by atoms with Crippen molar-refractivity contribution in [2.45, 2.75) is 32.5 Å². The van der Waals surface area contributed by atoms with Gasteiger partial charge < -0.3 is 19.1 Å². The molecule has 168 valence electrons. The van der Waals surface area contributed by atoms with E-state index < -0.39 is 15.8 Å². The van der Waals surface area contributed by atoms with Gasteiger partial charge >= 0.3 is 5.97 Å². The first kappa shape index (κ1) is 21.5. The van der Waals surface area contributed by atoms with Gasteiger partial charge in [0, 0.05) is 48.5 Å². The molecule has 0 spiro atoms. The van der Waals surface area contributed by atoms with Crippen molar-refractivity contribution in [1.82, 2.24) is 0 Å². The van der Waals surface area contributed by atoms with Crippen LogP contribution < -0.4 is 9.64 Å². The zero-order valence-electron chi connectivity index (χ0n) is 17.2. The fourth-order valence-electron chi connectivity index (χ4n) is 3.93. The molecule has 0 radical (unpaired) electrons. The Morgan fingerprint density at radius 1 is 1.03 bits per heavy atom. The lowest BCUT2D eigenvalue weighted by Crippen LogP contribution is -2.31. The molecule has 1 saturated heterocycles. The summed E-state index contributed by atoms with van der Waals surface area (Å²) in [6, 6.07) is 6.78. The molecule has 0 amide bonds. The van der Waals surface area contributed by atoms with E-state index in [4.69, 9.17) is 14.2 Å². The number of nitro benzene ring substituents is 2. The minimum absolute atomic E-state index is 0.0181. The summed E-state index contributed by atoms with van der Waals surface area (Å²) in [4.78, 5) is 36.4. The van der Waals surface area contributed by atoms with E-state index in [0.717, 1.165) is 32.4 Å². The van der Waals surface area contributed by atoms with Crippen molar-refractivity contribution in [3.05, 3.63) is 67.3 Å². The SMILES string of the molecule is O=C(OCc1cc([N+](=O)[O-])cc2c1OCOC2)c1cc([N+](=O)[O-])ccc1N1CCCCC1. The Bertz CT molecular complexity index is 1070. The minimum Gasteiger partial charge on any atom is -0.467 e. The Hall–Kier alpha value is -3.73. The Kier molecular flexibility index (Phi) is 6.17. The van der Waals surface area contributed by atoms with Crippen LogP contribution in [0.2, 0.25) is 0 Å². The van der Waals surface area contributed by atoms with Gasteiger partial charge in [0.15, 0.2) is 6.79 Å². The lowest BCUT2D eigenvalue weighted by molar-refractivity contribution is -0.385. The molecule has 11 heteroatoms. The van der Waals surface area contributed by atoms with Gasteiger partial charge in [0.2, 0.25) is 0 Å². The van der Waals surface area contributed by atoms with Crippen LogP contribution in [-0.2, 0) is 22.7 Å². The van der Waals surface area contributed by atoms with Gasteiger partial charge in [0.1, 0.15) is 12.4 Å². The number of nitro groups is 2. The lowest BCUT2D eigenvalue weighted by Gasteiger charge is -2.30. The molecule has 0 bridgehead atoms. The Balaban J connectivity index is 1.61. The van der Waals surface area contributed by atoms with E-state index in [1.54, 1.807) is 6.07 Å². The highest BCUT2D eigenvalue weighted by Gasteiger charge is 2.25. The topological polar surface area (TPSA) is 134 Å². The molecule has 0 unspecified atom stereocenters. The second-order valence-electron chi connectivity index (χ2n) is 7.54. The summed E-state index contributed by atoms with van der Waals surface area (Å²) in [5, 5.41) is 22.5. The van der Waals surface area contributed by atoms with Crippen LogP contribution in [0.4, 0.5) is 17.1 Å². The smallest absolute Gasteiger partial charge is 0.340 e. The van der Waals surface area contributed by atoms with Gasteiger partial charge in [0.25, 0.3) is 11.4 Å². The number of nitrogens with zero attached hydrogens (tertiary/aromatic N) is 3. The molecule has 2 aliphatic rings. The standard InChI is InChI=1S/C21H21N3O8/c25-21(18-10-16(23(26)27)4-5-19(18)22-6-2-1-3-7-22)31-12-15-9-17(24(28)29)8-14-11-30-13-32-20(14)15/h4-5,8-10H,1-3,6-7,11-13H2. The van der Waals surface area contributed by atoms with Gasteiger partial charge in [-0.3, -0.25) is 20.2 Å². The largest absolute Gasteiger partial charge is 0.467 e. The molecule has 0 aromatic heterocycles. The Morgan fingerprint density at radius 3 is 2.50 bits per heavy atom. The van der Waals surface area contributed by atoms with Gasteiger partial charge in [-0.2, -0.15) is 0 Å². The number of anilines is 1. The molecule has 11 nitrogen and oxygen atoms in total. The second kappa shape index (κ2) is 9.18. The van der Waals surface area contributed by atoms with Crippen molar-refractivity contribution in [3.63, 3.8) is 0 Å². The third-order valence-corrected chi connectivity index (χ3v) is 5.45. The third-order valence-electron chi connectivity index (χ3n) is 5.45. The quantitative estimate of drug-likeness (QED) is 0.372. The summed E-state index contributed by atoms with van der Waals surface area (Å²) in [6.45, 7) is 1.32. The van der Waals surface area contributed by atoms with E-state index in [0.29, 0.717) is 22.6 Å². The van der Waals surface area contributed by atoms with Crippen molar-refractivity contribution in [2.24, 2.45) is 0 Å². The maximum Gasteiger partial charge on any atom is 0.340 e. The van der Waals surface area contributed by atoms with Crippen molar-refractivity contribution < 1.29 is 28.9 Å². The summed E-state index contributed by atoms with van der Waals surface area (Å²) >= 11 is 0. The molecular formula is C21H21N3O8. The molecular weight excluding hydrogens is 422 g/mol. The minimum atomic E-state index is -0.749. The van der Waals surface area contributed by atoms with Crippen molar-refractivity contribution in [3.8, 4) is 5.75 Å². The van der Waals surface area contributed by atoms with Crippen LogP contribution in [-0.4, -0.2) is 35.7 Å². The molecule has 0 saturated carbocycles. The average Bonchev–Trinajstić information content (AvgIpc) is 2.82.